The van der Waals surface area contributed by atoms with Gasteiger partial charge in [-0.2, -0.15) is 0 Å². The van der Waals surface area contributed by atoms with Crippen LogP contribution in [0.4, 0.5) is 0 Å². The lowest BCUT2D eigenvalue weighted by Gasteiger charge is -2.42. The molecule has 6 heteroatoms. The van der Waals surface area contributed by atoms with E-state index in [0.29, 0.717) is 19.4 Å². The van der Waals surface area contributed by atoms with E-state index in [4.69, 9.17) is 4.74 Å². The average Bonchev–Trinajstić information content (AvgIpc) is 2.73. The molecule has 28 heavy (non-hydrogen) atoms. The molecule has 2 N–H and O–H groups in total. The van der Waals surface area contributed by atoms with E-state index in [9.17, 15) is 9.59 Å². The van der Waals surface area contributed by atoms with E-state index in [1.54, 1.807) is 7.11 Å². The van der Waals surface area contributed by atoms with Crippen LogP contribution in [0.15, 0.2) is 24.3 Å². The van der Waals surface area contributed by atoms with Crippen LogP contribution < -0.4 is 15.4 Å². The topological polar surface area (TPSA) is 70.7 Å². The average molecular weight is 388 g/mol. The summed E-state index contributed by atoms with van der Waals surface area (Å²) in [5.41, 5.74) is 0.927. The Bertz CT molecular complexity index is 673. The number of amides is 2. The Morgan fingerprint density at radius 1 is 1.32 bits per heavy atom. The van der Waals surface area contributed by atoms with E-state index in [1.807, 2.05) is 29.2 Å². The summed E-state index contributed by atoms with van der Waals surface area (Å²) in [7, 11) is 1.64. The quantitative estimate of drug-likeness (QED) is 0.755. The van der Waals surface area contributed by atoms with Crippen LogP contribution >= 0.6 is 0 Å². The van der Waals surface area contributed by atoms with Crippen LogP contribution in [0.1, 0.15) is 57.1 Å². The van der Waals surface area contributed by atoms with Crippen molar-refractivity contribution in [1.29, 1.82) is 0 Å². The molecule has 2 fully saturated rings. The van der Waals surface area contributed by atoms with Gasteiger partial charge >= 0.3 is 0 Å². The van der Waals surface area contributed by atoms with Crippen LogP contribution in [-0.2, 0) is 9.59 Å². The first-order valence-electron chi connectivity index (χ1n) is 10.6. The van der Waals surface area contributed by atoms with Crippen molar-refractivity contribution >= 4 is 11.8 Å². The molecule has 0 aromatic heterocycles. The maximum Gasteiger partial charge on any atom is 0.225 e. The number of carbonyl (C=O) groups is 2. The largest absolute Gasteiger partial charge is 0.496 e. The Balaban J connectivity index is 1.89. The number of rotatable bonds is 7. The second kappa shape index (κ2) is 9.92. The lowest BCUT2D eigenvalue weighted by molar-refractivity contribution is -0.143. The molecule has 0 saturated carbocycles. The Morgan fingerprint density at radius 2 is 2.14 bits per heavy atom. The van der Waals surface area contributed by atoms with E-state index in [-0.39, 0.29) is 29.8 Å². The maximum absolute atomic E-state index is 13.3. The van der Waals surface area contributed by atoms with E-state index in [2.05, 4.69) is 17.6 Å². The van der Waals surface area contributed by atoms with Crippen molar-refractivity contribution in [2.24, 2.45) is 5.92 Å². The van der Waals surface area contributed by atoms with Crippen LogP contribution in [0, 0.1) is 5.92 Å². The molecule has 0 bridgehead atoms. The van der Waals surface area contributed by atoms with Crippen LogP contribution in [0.5, 0.6) is 5.75 Å². The summed E-state index contributed by atoms with van der Waals surface area (Å²) >= 11 is 0. The molecule has 3 unspecified atom stereocenters. The number of carbonyl (C=O) groups excluding carboxylic acids is 2. The highest BCUT2D eigenvalue weighted by molar-refractivity contribution is 5.85. The number of para-hydroxylation sites is 1. The summed E-state index contributed by atoms with van der Waals surface area (Å²) in [6.45, 7) is 4.62. The maximum atomic E-state index is 13.3. The van der Waals surface area contributed by atoms with Crippen molar-refractivity contribution in [1.82, 2.24) is 15.5 Å². The lowest BCUT2D eigenvalue weighted by Crippen LogP contribution is -2.52. The standard InChI is InChI=1S/C22H33N3O3/c1-3-4-14-25-20(26)12-11-18(22(27)24-16-8-7-13-23-15-16)21(25)17-9-5-6-10-19(17)28-2/h5-6,9-10,16,18,21,23H,3-4,7-8,11-15H2,1-2H3,(H,24,27). The van der Waals surface area contributed by atoms with Gasteiger partial charge in [-0.05, 0) is 38.3 Å². The van der Waals surface area contributed by atoms with Crippen molar-refractivity contribution in [2.75, 3.05) is 26.7 Å². The number of nitrogens with zero attached hydrogens (tertiary/aromatic N) is 1. The first-order chi connectivity index (χ1) is 13.7. The molecule has 0 radical (unpaired) electrons. The number of likely N-dealkylation sites (tertiary alicyclic amines) is 1. The Hall–Kier alpha value is -2.08. The van der Waals surface area contributed by atoms with E-state index >= 15 is 0 Å². The fourth-order valence-corrected chi connectivity index (χ4v) is 4.40. The molecule has 3 rings (SSSR count). The minimum atomic E-state index is -0.277. The summed E-state index contributed by atoms with van der Waals surface area (Å²) in [4.78, 5) is 28.0. The van der Waals surface area contributed by atoms with Gasteiger partial charge in [0, 0.05) is 31.1 Å². The summed E-state index contributed by atoms with van der Waals surface area (Å²) in [6.07, 6.45) is 5.02. The number of unbranched alkanes of at least 4 members (excludes halogenated alkanes) is 1. The number of methoxy groups -OCH3 is 1. The summed E-state index contributed by atoms with van der Waals surface area (Å²) in [6, 6.07) is 7.67. The third-order valence-electron chi connectivity index (χ3n) is 5.90. The van der Waals surface area contributed by atoms with Gasteiger partial charge in [-0.25, -0.2) is 0 Å². The number of ether oxygens (including phenoxy) is 1. The molecule has 3 atom stereocenters. The monoisotopic (exact) mass is 387 g/mol. The zero-order valence-electron chi connectivity index (χ0n) is 17.1. The molecular weight excluding hydrogens is 354 g/mol. The van der Waals surface area contributed by atoms with Crippen molar-refractivity contribution in [2.45, 2.75) is 57.5 Å². The van der Waals surface area contributed by atoms with Crippen molar-refractivity contribution in [3.63, 3.8) is 0 Å². The lowest BCUT2D eigenvalue weighted by atomic mass is 9.82. The molecule has 2 heterocycles. The van der Waals surface area contributed by atoms with Crippen molar-refractivity contribution in [3.8, 4) is 5.75 Å². The van der Waals surface area contributed by atoms with E-state index in [1.165, 1.54) is 0 Å². The molecule has 1 aromatic rings. The van der Waals surface area contributed by atoms with E-state index < -0.39 is 0 Å². The highest BCUT2D eigenvalue weighted by atomic mass is 16.5. The predicted octanol–water partition coefficient (Wildman–Crippen LogP) is 2.64. The summed E-state index contributed by atoms with van der Waals surface area (Å²) in [5, 5.41) is 6.59. The Morgan fingerprint density at radius 3 is 2.86 bits per heavy atom. The number of nitrogens with one attached hydrogen (secondary N) is 2. The normalized spacial score (nSPS) is 25.4. The van der Waals surface area contributed by atoms with Crippen LogP contribution in [0.2, 0.25) is 0 Å². The van der Waals surface area contributed by atoms with Gasteiger partial charge in [0.1, 0.15) is 5.75 Å². The molecule has 2 amide bonds. The molecule has 0 aliphatic carbocycles. The summed E-state index contributed by atoms with van der Waals surface area (Å²) in [5.74, 6) is 0.667. The van der Waals surface area contributed by atoms with Gasteiger partial charge < -0.3 is 20.3 Å². The number of piperidine rings is 2. The summed E-state index contributed by atoms with van der Waals surface area (Å²) < 4.78 is 5.58. The molecule has 2 aliphatic rings. The molecule has 154 valence electrons. The second-order valence-corrected chi connectivity index (χ2v) is 7.82. The molecule has 6 nitrogen and oxygen atoms in total. The Labute approximate surface area is 168 Å². The van der Waals surface area contributed by atoms with Gasteiger partial charge in [0.05, 0.1) is 19.1 Å². The van der Waals surface area contributed by atoms with Crippen LogP contribution in [0.25, 0.3) is 0 Å². The predicted molar refractivity (Wildman–Crippen MR) is 109 cm³/mol. The van der Waals surface area contributed by atoms with Crippen molar-refractivity contribution < 1.29 is 14.3 Å². The third-order valence-corrected chi connectivity index (χ3v) is 5.90. The third kappa shape index (κ3) is 4.66. The zero-order valence-corrected chi connectivity index (χ0v) is 17.1. The van der Waals surface area contributed by atoms with Gasteiger partial charge in [-0.15, -0.1) is 0 Å². The zero-order chi connectivity index (χ0) is 19.9. The fraction of sp³-hybridized carbons (Fsp3) is 0.636. The number of hydrogen-bond donors (Lipinski definition) is 2. The first kappa shape index (κ1) is 20.6. The van der Waals surface area contributed by atoms with E-state index in [0.717, 1.165) is 50.1 Å². The highest BCUT2D eigenvalue weighted by Gasteiger charge is 2.41. The molecule has 0 spiro atoms. The first-order valence-corrected chi connectivity index (χ1v) is 10.6. The van der Waals surface area contributed by atoms with Gasteiger partial charge in [0.2, 0.25) is 11.8 Å². The minimum absolute atomic E-state index is 0.0543. The second-order valence-electron chi connectivity index (χ2n) is 7.82. The van der Waals surface area contributed by atoms with Crippen LogP contribution in [-0.4, -0.2) is 49.5 Å². The number of hydrogen-bond acceptors (Lipinski definition) is 4. The molecular formula is C22H33N3O3. The minimum Gasteiger partial charge on any atom is -0.496 e. The Kier molecular flexibility index (Phi) is 7.31. The van der Waals surface area contributed by atoms with Crippen LogP contribution in [0.3, 0.4) is 0 Å². The SMILES string of the molecule is CCCCN1C(=O)CCC(C(=O)NC2CCCNC2)C1c1ccccc1OC. The van der Waals surface area contributed by atoms with Gasteiger partial charge in [-0.1, -0.05) is 31.5 Å². The fourth-order valence-electron chi connectivity index (χ4n) is 4.40. The van der Waals surface area contributed by atoms with Gasteiger partial charge in [0.25, 0.3) is 0 Å². The van der Waals surface area contributed by atoms with Gasteiger partial charge in [-0.3, -0.25) is 9.59 Å². The molecule has 2 aliphatic heterocycles. The van der Waals surface area contributed by atoms with Gasteiger partial charge in [0.15, 0.2) is 0 Å². The molecule has 2 saturated heterocycles. The highest BCUT2D eigenvalue weighted by Crippen LogP contribution is 2.41. The van der Waals surface area contributed by atoms with Crippen molar-refractivity contribution in [3.05, 3.63) is 29.8 Å². The number of benzene rings is 1. The molecule has 1 aromatic carbocycles. The smallest absolute Gasteiger partial charge is 0.225 e.